The lowest BCUT2D eigenvalue weighted by Gasteiger charge is -2.34. The number of esters is 1. The molecule has 1 rings (SSSR count). The summed E-state index contributed by atoms with van der Waals surface area (Å²) in [7, 11) is 0. The van der Waals surface area contributed by atoms with Gasteiger partial charge in [-0.2, -0.15) is 0 Å². The van der Waals surface area contributed by atoms with Crippen molar-refractivity contribution in [2.75, 3.05) is 13.2 Å². The number of alkyl halides is 2. The number of ether oxygens (including phenoxy) is 1. The number of hydrazine groups is 1. The van der Waals surface area contributed by atoms with Gasteiger partial charge in [-0.15, -0.1) is 0 Å². The van der Waals surface area contributed by atoms with Gasteiger partial charge in [0.1, 0.15) is 29.1 Å². The van der Waals surface area contributed by atoms with Crippen molar-refractivity contribution in [3.8, 4) is 0 Å². The van der Waals surface area contributed by atoms with E-state index in [1.807, 2.05) is 0 Å². The van der Waals surface area contributed by atoms with Gasteiger partial charge < -0.3 is 15.2 Å². The molecule has 0 aromatic heterocycles. The Labute approximate surface area is 163 Å². The molecule has 3 unspecified atom stereocenters. The van der Waals surface area contributed by atoms with Gasteiger partial charge in [0.05, 0.1) is 0 Å². The first kappa shape index (κ1) is 23.0. The number of hydrogen-bond acceptors (Lipinski definition) is 6. The summed E-state index contributed by atoms with van der Waals surface area (Å²) in [5.41, 5.74) is 2.80. The Morgan fingerprint density at radius 3 is 2.50 bits per heavy atom. The zero-order chi connectivity index (χ0) is 20.1. The number of rotatable bonds is 7. The van der Waals surface area contributed by atoms with Crippen molar-refractivity contribution < 1.29 is 24.2 Å². The first-order chi connectivity index (χ1) is 11.9. The average Bonchev–Trinajstić information content (AvgIpc) is 2.57. The van der Waals surface area contributed by atoms with E-state index in [0.29, 0.717) is 19.4 Å². The molecule has 3 N–H and O–H groups in total. The molecule has 3 atom stereocenters. The Hall–Kier alpha value is -1.09. The Bertz CT molecular complexity index is 525. The maximum absolute atomic E-state index is 12.5. The lowest BCUT2D eigenvalue weighted by molar-refractivity contribution is -0.153. The SMILES string of the molecule is CC(NC(=O)C(O)C(C)C)C(=O)N1CCCC(C(=O)OCC(C)(Cl)Cl)N1. The fourth-order valence-corrected chi connectivity index (χ4v) is 2.42. The fourth-order valence-electron chi connectivity index (χ4n) is 2.31. The van der Waals surface area contributed by atoms with Gasteiger partial charge in [-0.05, 0) is 32.6 Å². The van der Waals surface area contributed by atoms with Crippen LogP contribution >= 0.6 is 23.2 Å². The van der Waals surface area contributed by atoms with E-state index in [9.17, 15) is 19.5 Å². The molecule has 2 amide bonds. The first-order valence-corrected chi connectivity index (χ1v) is 9.28. The highest BCUT2D eigenvalue weighted by Crippen LogP contribution is 2.20. The van der Waals surface area contributed by atoms with Gasteiger partial charge in [0, 0.05) is 6.54 Å². The van der Waals surface area contributed by atoms with Crippen molar-refractivity contribution in [1.82, 2.24) is 15.8 Å². The Morgan fingerprint density at radius 1 is 1.35 bits per heavy atom. The third-order valence-corrected chi connectivity index (χ3v) is 4.05. The van der Waals surface area contributed by atoms with Crippen molar-refractivity contribution in [2.45, 2.75) is 63.1 Å². The van der Waals surface area contributed by atoms with E-state index in [2.05, 4.69) is 10.7 Å². The molecule has 0 aromatic rings. The molecule has 1 aliphatic rings. The molecule has 0 aromatic carbocycles. The van der Waals surface area contributed by atoms with Crippen LogP contribution in [0.3, 0.4) is 0 Å². The number of nitrogens with one attached hydrogen (secondary N) is 2. The molecular formula is C16H27Cl2N3O5. The van der Waals surface area contributed by atoms with E-state index in [4.69, 9.17) is 27.9 Å². The van der Waals surface area contributed by atoms with Gasteiger partial charge in [0.2, 0.25) is 5.91 Å². The predicted molar refractivity (Wildman–Crippen MR) is 97.4 cm³/mol. The summed E-state index contributed by atoms with van der Waals surface area (Å²) < 4.78 is 3.87. The van der Waals surface area contributed by atoms with E-state index < -0.39 is 40.3 Å². The number of carbonyl (C=O) groups excluding carboxylic acids is 3. The monoisotopic (exact) mass is 411 g/mol. The molecule has 0 spiro atoms. The molecule has 26 heavy (non-hydrogen) atoms. The van der Waals surface area contributed by atoms with Crippen molar-refractivity contribution in [2.24, 2.45) is 5.92 Å². The topological polar surface area (TPSA) is 108 Å². The van der Waals surface area contributed by atoms with E-state index in [0.717, 1.165) is 0 Å². The van der Waals surface area contributed by atoms with Gasteiger partial charge >= 0.3 is 5.97 Å². The van der Waals surface area contributed by atoms with Crippen LogP contribution in [0.1, 0.15) is 40.5 Å². The Balaban J connectivity index is 2.58. The highest BCUT2D eigenvalue weighted by molar-refractivity contribution is 6.48. The summed E-state index contributed by atoms with van der Waals surface area (Å²) in [6.07, 6.45) is -0.105. The molecule has 1 aliphatic heterocycles. The summed E-state index contributed by atoms with van der Waals surface area (Å²) >= 11 is 11.6. The minimum Gasteiger partial charge on any atom is -0.461 e. The Morgan fingerprint density at radius 2 is 1.96 bits per heavy atom. The summed E-state index contributed by atoms with van der Waals surface area (Å²) in [5.74, 6) is -1.84. The number of aliphatic hydroxyl groups is 1. The third-order valence-electron chi connectivity index (χ3n) is 3.83. The molecule has 150 valence electrons. The normalized spacial score (nSPS) is 20.5. The lowest BCUT2D eigenvalue weighted by atomic mass is 10.1. The Kier molecular flexibility index (Phi) is 8.59. The number of aliphatic hydroxyl groups excluding tert-OH is 1. The highest BCUT2D eigenvalue weighted by atomic mass is 35.5. The second-order valence-corrected chi connectivity index (χ2v) is 8.77. The summed E-state index contributed by atoms with van der Waals surface area (Å²) in [5, 5.41) is 13.5. The largest absolute Gasteiger partial charge is 0.461 e. The molecule has 1 saturated heterocycles. The standard InChI is InChI=1S/C16H27Cl2N3O5/c1-9(2)12(22)13(23)19-10(3)14(24)21-7-5-6-11(20-21)15(25)26-8-16(4,17)18/h9-12,20,22H,5-8H2,1-4H3,(H,19,23). The highest BCUT2D eigenvalue weighted by Gasteiger charge is 2.33. The summed E-state index contributed by atoms with van der Waals surface area (Å²) in [6, 6.07) is -1.56. The second kappa shape index (κ2) is 9.73. The first-order valence-electron chi connectivity index (χ1n) is 8.53. The van der Waals surface area contributed by atoms with Crippen molar-refractivity contribution >= 4 is 41.0 Å². The average molecular weight is 412 g/mol. The number of nitrogens with zero attached hydrogens (tertiary/aromatic N) is 1. The van der Waals surface area contributed by atoms with Gasteiger partial charge in [0.25, 0.3) is 5.91 Å². The molecule has 0 radical (unpaired) electrons. The van der Waals surface area contributed by atoms with Crippen LogP contribution in [0.4, 0.5) is 0 Å². The number of hydrogen-bond donors (Lipinski definition) is 3. The fraction of sp³-hybridized carbons (Fsp3) is 0.812. The van der Waals surface area contributed by atoms with Crippen molar-refractivity contribution in [3.05, 3.63) is 0 Å². The molecular weight excluding hydrogens is 385 g/mol. The van der Waals surface area contributed by atoms with Gasteiger partial charge in [-0.25, -0.2) is 5.43 Å². The minimum absolute atomic E-state index is 0.166. The number of carbonyl (C=O) groups is 3. The minimum atomic E-state index is -1.19. The molecule has 0 bridgehead atoms. The van der Waals surface area contributed by atoms with Crippen LogP contribution in [0.15, 0.2) is 0 Å². The van der Waals surface area contributed by atoms with Crippen LogP contribution in [-0.2, 0) is 19.1 Å². The molecule has 0 aliphatic carbocycles. The van der Waals surface area contributed by atoms with Crippen LogP contribution in [0.25, 0.3) is 0 Å². The third kappa shape index (κ3) is 7.26. The summed E-state index contributed by atoms with van der Waals surface area (Å²) in [4.78, 5) is 36.4. The van der Waals surface area contributed by atoms with Crippen LogP contribution in [0.2, 0.25) is 0 Å². The van der Waals surface area contributed by atoms with Crippen LogP contribution < -0.4 is 10.7 Å². The zero-order valence-electron chi connectivity index (χ0n) is 15.4. The maximum Gasteiger partial charge on any atom is 0.325 e. The van der Waals surface area contributed by atoms with Gasteiger partial charge in [-0.1, -0.05) is 37.0 Å². The van der Waals surface area contributed by atoms with Crippen LogP contribution in [-0.4, -0.2) is 63.6 Å². The lowest BCUT2D eigenvalue weighted by Crippen LogP contribution is -2.60. The van der Waals surface area contributed by atoms with E-state index >= 15 is 0 Å². The van der Waals surface area contributed by atoms with E-state index in [-0.39, 0.29) is 12.5 Å². The van der Waals surface area contributed by atoms with Gasteiger partial charge in [-0.3, -0.25) is 19.4 Å². The number of halogens is 2. The summed E-state index contributed by atoms with van der Waals surface area (Å²) in [6.45, 7) is 6.64. The molecule has 10 heteroatoms. The van der Waals surface area contributed by atoms with Gasteiger partial charge in [0.15, 0.2) is 0 Å². The van der Waals surface area contributed by atoms with E-state index in [1.54, 1.807) is 13.8 Å². The smallest absolute Gasteiger partial charge is 0.325 e. The molecule has 8 nitrogen and oxygen atoms in total. The zero-order valence-corrected chi connectivity index (χ0v) is 16.9. The predicted octanol–water partition coefficient (Wildman–Crippen LogP) is 0.741. The van der Waals surface area contributed by atoms with Crippen molar-refractivity contribution in [1.29, 1.82) is 0 Å². The molecule has 1 fully saturated rings. The molecule has 1 heterocycles. The number of amides is 2. The maximum atomic E-state index is 12.5. The molecule has 0 saturated carbocycles. The van der Waals surface area contributed by atoms with Crippen LogP contribution in [0, 0.1) is 5.92 Å². The quantitative estimate of drug-likeness (QED) is 0.421. The van der Waals surface area contributed by atoms with E-state index in [1.165, 1.54) is 18.9 Å². The van der Waals surface area contributed by atoms with Crippen LogP contribution in [0.5, 0.6) is 0 Å². The second-order valence-electron chi connectivity index (χ2n) is 6.91. The van der Waals surface area contributed by atoms with Crippen molar-refractivity contribution in [3.63, 3.8) is 0 Å².